The Morgan fingerprint density at radius 1 is 1.18 bits per heavy atom. The molecule has 0 saturated heterocycles. The Morgan fingerprint density at radius 3 is 2.59 bits per heavy atom. The largest absolute Gasteiger partial charge is 0.427 e. The fourth-order valence-corrected chi connectivity index (χ4v) is 2.70. The first kappa shape index (κ1) is 18.4. The smallest absolute Gasteiger partial charge is 0.248 e. The Hall–Kier alpha value is -1.61. The van der Waals surface area contributed by atoms with Crippen LogP contribution in [0.15, 0.2) is 24.3 Å². The van der Waals surface area contributed by atoms with Crippen LogP contribution in [0, 0.1) is 0 Å². The van der Waals surface area contributed by atoms with E-state index >= 15 is 0 Å². The summed E-state index contributed by atoms with van der Waals surface area (Å²) in [4.78, 5) is 20.1. The van der Waals surface area contributed by atoms with E-state index in [-0.39, 0.29) is 15.7 Å². The second-order valence-electron chi connectivity index (χ2n) is 4.52. The summed E-state index contributed by atoms with van der Waals surface area (Å²) in [6.07, 6.45) is 2.47. The zero-order chi connectivity index (χ0) is 16.2. The third-order valence-corrected chi connectivity index (χ3v) is 4.19. The number of hydrogen-bond donors (Lipinski definition) is 0. The Kier molecular flexibility index (Phi) is 9.24. The van der Waals surface area contributed by atoms with E-state index in [1.165, 1.54) is 18.9 Å². The fraction of sp³-hybridized carbons (Fsp3) is 0.500. The molecule has 22 heavy (non-hydrogen) atoms. The summed E-state index contributed by atoms with van der Waals surface area (Å²) in [5.41, 5.74) is 1.55. The normalized spacial score (nSPS) is 10.9. The number of fused-ring (bicyclic) bond motifs is 1. The lowest BCUT2D eigenvalue weighted by atomic mass is 10.2. The van der Waals surface area contributed by atoms with Crippen molar-refractivity contribution in [2.45, 2.75) is 25.3 Å². The summed E-state index contributed by atoms with van der Waals surface area (Å²) in [5, 5.41) is 7.89. The molecule has 0 aliphatic carbocycles. The van der Waals surface area contributed by atoms with Crippen molar-refractivity contribution in [3.63, 3.8) is 0 Å². The third kappa shape index (κ3) is 6.02. The van der Waals surface area contributed by atoms with Crippen LogP contribution in [0.1, 0.15) is 24.1 Å². The number of hydrogen-bond acceptors (Lipinski definition) is 6. The maximum absolute atomic E-state index is 12.0. The summed E-state index contributed by atoms with van der Waals surface area (Å²) in [6.45, 7) is 0. The molecule has 7 nitrogen and oxygen atoms in total. The van der Waals surface area contributed by atoms with Crippen LogP contribution < -0.4 is 0 Å². The second-order valence-corrected chi connectivity index (χ2v) is 6.21. The van der Waals surface area contributed by atoms with Crippen LogP contribution in [0.2, 0.25) is 6.04 Å². The first-order valence-electron chi connectivity index (χ1n) is 7.14. The third-order valence-electron chi connectivity index (χ3n) is 2.99. The Balaban J connectivity index is 0.000000541. The summed E-state index contributed by atoms with van der Waals surface area (Å²) < 4.78 is 6.51. The fourth-order valence-electron chi connectivity index (χ4n) is 1.86. The molecule has 0 spiro atoms. The predicted molar refractivity (Wildman–Crippen MR) is 86.4 cm³/mol. The van der Waals surface area contributed by atoms with Gasteiger partial charge in [0, 0.05) is 13.5 Å². The molecule has 2 aromatic rings. The van der Waals surface area contributed by atoms with Crippen LogP contribution >= 0.6 is 0 Å². The standard InChI is InChI=1S/C12H17N3O2Si.C2H6O2/c1-17-18-9-5-4-8-12(16)15-11-7-3-2-6-10(11)13-14-15;1-3-4-2/h2-3,6-7H,4-5,8-9,18H2,1H3;1-2H3. The molecule has 122 valence electrons. The molecule has 0 fully saturated rings. The van der Waals surface area contributed by atoms with Crippen molar-refractivity contribution in [1.82, 2.24) is 15.0 Å². The number of nitrogens with zero attached hydrogens (tertiary/aromatic N) is 3. The number of carbonyl (C=O) groups excluding carboxylic acids is 1. The maximum Gasteiger partial charge on any atom is 0.248 e. The van der Waals surface area contributed by atoms with E-state index in [4.69, 9.17) is 4.43 Å². The minimum absolute atomic E-state index is 0.0165. The van der Waals surface area contributed by atoms with Gasteiger partial charge in [-0.05, 0) is 24.6 Å². The van der Waals surface area contributed by atoms with Crippen molar-refractivity contribution >= 4 is 26.7 Å². The SMILES string of the molecule is COOC.CO[SiH2]CCCCC(=O)n1nnc2ccccc21. The maximum atomic E-state index is 12.0. The van der Waals surface area contributed by atoms with Crippen molar-refractivity contribution in [3.05, 3.63) is 24.3 Å². The molecule has 0 aliphatic heterocycles. The van der Waals surface area contributed by atoms with Crippen LogP contribution in [0.4, 0.5) is 0 Å². The summed E-state index contributed by atoms with van der Waals surface area (Å²) in [6, 6.07) is 8.63. The highest BCUT2D eigenvalue weighted by molar-refractivity contribution is 6.26. The lowest BCUT2D eigenvalue weighted by Gasteiger charge is -2.01. The Labute approximate surface area is 132 Å². The van der Waals surface area contributed by atoms with Crippen molar-refractivity contribution < 1.29 is 19.0 Å². The summed E-state index contributed by atoms with van der Waals surface area (Å²) in [7, 11) is 4.31. The molecule has 0 N–H and O–H groups in total. The van der Waals surface area contributed by atoms with E-state index in [0.717, 1.165) is 29.9 Å². The van der Waals surface area contributed by atoms with Gasteiger partial charge < -0.3 is 4.43 Å². The van der Waals surface area contributed by atoms with Gasteiger partial charge in [-0.1, -0.05) is 23.8 Å². The van der Waals surface area contributed by atoms with E-state index < -0.39 is 0 Å². The van der Waals surface area contributed by atoms with Gasteiger partial charge >= 0.3 is 0 Å². The molecule has 1 aromatic heterocycles. The van der Waals surface area contributed by atoms with Crippen LogP contribution in [0.3, 0.4) is 0 Å². The number of rotatable bonds is 7. The molecule has 8 heteroatoms. The highest BCUT2D eigenvalue weighted by Gasteiger charge is 2.10. The summed E-state index contributed by atoms with van der Waals surface area (Å²) in [5.74, 6) is 0.0165. The van der Waals surface area contributed by atoms with Gasteiger partial charge in [0.2, 0.25) is 5.91 Å². The highest BCUT2D eigenvalue weighted by atomic mass is 28.2. The second kappa shape index (κ2) is 11.0. The van der Waals surface area contributed by atoms with E-state index in [1.54, 1.807) is 7.11 Å². The number of unbranched alkanes of at least 4 members (excludes halogenated alkanes) is 1. The van der Waals surface area contributed by atoms with Gasteiger partial charge in [-0.3, -0.25) is 4.79 Å². The monoisotopic (exact) mass is 325 g/mol. The van der Waals surface area contributed by atoms with Crippen molar-refractivity contribution in [3.8, 4) is 0 Å². The van der Waals surface area contributed by atoms with Crippen LogP contribution in [-0.4, -0.2) is 52.0 Å². The molecule has 0 unspecified atom stereocenters. The molecule has 0 amide bonds. The minimum Gasteiger partial charge on any atom is -0.427 e. The number of carbonyl (C=O) groups is 1. The molecular weight excluding hydrogens is 302 g/mol. The zero-order valence-corrected chi connectivity index (χ0v) is 14.7. The average Bonchev–Trinajstić information content (AvgIpc) is 2.99. The van der Waals surface area contributed by atoms with Crippen molar-refractivity contribution in [2.24, 2.45) is 0 Å². The average molecular weight is 325 g/mol. The van der Waals surface area contributed by atoms with Crippen LogP contribution in [0.25, 0.3) is 11.0 Å². The van der Waals surface area contributed by atoms with Gasteiger partial charge in [0.15, 0.2) is 9.76 Å². The van der Waals surface area contributed by atoms with Gasteiger partial charge in [-0.25, -0.2) is 9.78 Å². The molecule has 0 bridgehead atoms. The lowest BCUT2D eigenvalue weighted by Crippen LogP contribution is -2.12. The van der Waals surface area contributed by atoms with E-state index in [1.807, 2.05) is 24.3 Å². The topological polar surface area (TPSA) is 75.5 Å². The van der Waals surface area contributed by atoms with E-state index in [9.17, 15) is 4.79 Å². The summed E-state index contributed by atoms with van der Waals surface area (Å²) >= 11 is 0. The highest BCUT2D eigenvalue weighted by Crippen LogP contribution is 2.11. The zero-order valence-electron chi connectivity index (χ0n) is 13.3. The first-order chi connectivity index (χ1) is 10.7. The van der Waals surface area contributed by atoms with Crippen molar-refractivity contribution in [1.29, 1.82) is 0 Å². The van der Waals surface area contributed by atoms with Crippen molar-refractivity contribution in [2.75, 3.05) is 21.3 Å². The number of aromatic nitrogens is 3. The predicted octanol–water partition coefficient (Wildman–Crippen LogP) is 1.58. The quantitative estimate of drug-likeness (QED) is 0.333. The molecule has 0 aliphatic rings. The molecule has 0 radical (unpaired) electrons. The van der Waals surface area contributed by atoms with Gasteiger partial charge in [0.05, 0.1) is 19.7 Å². The Bertz CT molecular complexity index is 560. The van der Waals surface area contributed by atoms with E-state index in [0.29, 0.717) is 6.42 Å². The Morgan fingerprint density at radius 2 is 1.91 bits per heavy atom. The molecule has 2 rings (SSSR count). The number of benzene rings is 1. The van der Waals surface area contributed by atoms with Gasteiger partial charge in [0.25, 0.3) is 0 Å². The molecule has 1 aromatic carbocycles. The molecule has 0 atom stereocenters. The minimum atomic E-state index is -0.355. The van der Waals surface area contributed by atoms with Gasteiger partial charge in [-0.2, -0.15) is 4.68 Å². The molecule has 0 saturated carbocycles. The lowest BCUT2D eigenvalue weighted by molar-refractivity contribution is -0.248. The number of para-hydroxylation sites is 1. The van der Waals surface area contributed by atoms with Crippen LogP contribution in [0.5, 0.6) is 0 Å². The van der Waals surface area contributed by atoms with Gasteiger partial charge in [0.1, 0.15) is 5.52 Å². The molecular formula is C14H23N3O4Si. The van der Waals surface area contributed by atoms with Crippen LogP contribution in [-0.2, 0) is 14.2 Å². The van der Waals surface area contributed by atoms with E-state index in [2.05, 4.69) is 20.1 Å². The van der Waals surface area contributed by atoms with Gasteiger partial charge in [-0.15, -0.1) is 5.10 Å². The molecule has 1 heterocycles. The first-order valence-corrected chi connectivity index (χ1v) is 8.71.